The maximum Gasteiger partial charge on any atom is 0.272 e. The minimum atomic E-state index is -0.738. The summed E-state index contributed by atoms with van der Waals surface area (Å²) in [5.41, 5.74) is 1.90. The molecule has 0 saturated carbocycles. The van der Waals surface area contributed by atoms with E-state index in [0.29, 0.717) is 25.3 Å². The van der Waals surface area contributed by atoms with Crippen LogP contribution in [0.15, 0.2) is 0 Å². The summed E-state index contributed by atoms with van der Waals surface area (Å²) in [7, 11) is 0. The van der Waals surface area contributed by atoms with E-state index in [1.807, 2.05) is 30.4 Å². The molecule has 1 aromatic heterocycles. The van der Waals surface area contributed by atoms with Crippen LogP contribution in [-0.2, 0) is 17.7 Å². The third-order valence-electron chi connectivity index (χ3n) is 5.06. The van der Waals surface area contributed by atoms with Crippen LogP contribution in [0.3, 0.4) is 0 Å². The number of carbonyl (C=O) groups excluding carboxylic acids is 1. The molecule has 0 unspecified atom stereocenters. The van der Waals surface area contributed by atoms with Crippen molar-refractivity contribution in [3.63, 3.8) is 0 Å². The fourth-order valence-electron chi connectivity index (χ4n) is 3.50. The monoisotopic (exact) mass is 321 g/mol. The zero-order valence-electron chi connectivity index (χ0n) is 14.7. The second-order valence-electron chi connectivity index (χ2n) is 7.38. The first kappa shape index (κ1) is 16.5. The highest BCUT2D eigenvalue weighted by molar-refractivity contribution is 5.95. The average Bonchev–Trinajstić information content (AvgIpc) is 2.73. The number of ether oxygens (including phenoxy) is 1. The molecular formula is C17H27N3O3. The standard InChI is InChI=1S/C17H27N3O3/c1-6-20-15(13-7-10(2)23-11(3)14(13)18-20)16(21)19-8-12(9-19)17(4,5)22/h10-12,22H,6-9H2,1-5H3/t10-,11+/m0/s1. The van der Waals surface area contributed by atoms with E-state index < -0.39 is 5.60 Å². The van der Waals surface area contributed by atoms with Crippen molar-refractivity contribution < 1.29 is 14.6 Å². The molecule has 0 aliphatic carbocycles. The molecule has 1 amide bonds. The Morgan fingerprint density at radius 2 is 2.04 bits per heavy atom. The number of aromatic nitrogens is 2. The molecule has 1 fully saturated rings. The predicted molar refractivity (Wildman–Crippen MR) is 86.3 cm³/mol. The number of amides is 1. The summed E-state index contributed by atoms with van der Waals surface area (Å²) < 4.78 is 7.64. The Labute approximate surface area is 137 Å². The Balaban J connectivity index is 1.87. The minimum absolute atomic E-state index is 0.0300. The minimum Gasteiger partial charge on any atom is -0.390 e. The first-order valence-electron chi connectivity index (χ1n) is 8.49. The zero-order valence-corrected chi connectivity index (χ0v) is 14.7. The van der Waals surface area contributed by atoms with Gasteiger partial charge in [0.2, 0.25) is 0 Å². The Hall–Kier alpha value is -1.40. The molecule has 2 atom stereocenters. The first-order chi connectivity index (χ1) is 10.7. The Morgan fingerprint density at radius 1 is 1.39 bits per heavy atom. The largest absolute Gasteiger partial charge is 0.390 e. The number of rotatable bonds is 3. The number of aliphatic hydroxyl groups is 1. The van der Waals surface area contributed by atoms with Crippen LogP contribution in [0, 0.1) is 5.92 Å². The Kier molecular flexibility index (Phi) is 4.01. The summed E-state index contributed by atoms with van der Waals surface area (Å²) in [6.45, 7) is 11.5. The third-order valence-corrected chi connectivity index (χ3v) is 5.06. The van der Waals surface area contributed by atoms with E-state index in [1.54, 1.807) is 13.8 Å². The number of nitrogens with zero attached hydrogens (tertiary/aromatic N) is 3. The van der Waals surface area contributed by atoms with Crippen molar-refractivity contribution in [1.82, 2.24) is 14.7 Å². The van der Waals surface area contributed by atoms with Gasteiger partial charge >= 0.3 is 0 Å². The molecule has 0 bridgehead atoms. The van der Waals surface area contributed by atoms with E-state index in [4.69, 9.17) is 4.74 Å². The van der Waals surface area contributed by atoms with Crippen molar-refractivity contribution in [3.05, 3.63) is 17.0 Å². The summed E-state index contributed by atoms with van der Waals surface area (Å²) in [6, 6.07) is 0. The van der Waals surface area contributed by atoms with Crippen LogP contribution in [0.4, 0.5) is 0 Å². The zero-order chi connectivity index (χ0) is 16.9. The SMILES string of the molecule is CCn1nc2c(c1C(=O)N1CC(C(C)(C)O)C1)C[C@H](C)O[C@@H]2C. The maximum atomic E-state index is 13.0. The van der Waals surface area contributed by atoms with Gasteiger partial charge in [0, 0.05) is 37.5 Å². The topological polar surface area (TPSA) is 67.6 Å². The number of fused-ring (bicyclic) bond motifs is 1. The van der Waals surface area contributed by atoms with Crippen LogP contribution in [0.5, 0.6) is 0 Å². The number of likely N-dealkylation sites (tertiary alicyclic amines) is 1. The summed E-state index contributed by atoms with van der Waals surface area (Å²) >= 11 is 0. The van der Waals surface area contributed by atoms with Gasteiger partial charge in [0.1, 0.15) is 5.69 Å². The van der Waals surface area contributed by atoms with E-state index in [9.17, 15) is 9.90 Å². The smallest absolute Gasteiger partial charge is 0.272 e. The van der Waals surface area contributed by atoms with Gasteiger partial charge in [0.25, 0.3) is 5.91 Å². The highest BCUT2D eigenvalue weighted by Crippen LogP contribution is 2.34. The lowest BCUT2D eigenvalue weighted by atomic mass is 9.84. The number of carbonyl (C=O) groups is 1. The van der Waals surface area contributed by atoms with Gasteiger partial charge in [-0.05, 0) is 34.6 Å². The van der Waals surface area contributed by atoms with Gasteiger partial charge in [-0.1, -0.05) is 0 Å². The molecule has 23 heavy (non-hydrogen) atoms. The molecule has 6 nitrogen and oxygen atoms in total. The van der Waals surface area contributed by atoms with Crippen LogP contribution in [0.1, 0.15) is 62.5 Å². The van der Waals surface area contributed by atoms with Gasteiger partial charge in [-0.2, -0.15) is 5.10 Å². The van der Waals surface area contributed by atoms with Gasteiger partial charge in [0.05, 0.1) is 23.5 Å². The fourth-order valence-corrected chi connectivity index (χ4v) is 3.50. The van der Waals surface area contributed by atoms with Crippen LogP contribution >= 0.6 is 0 Å². The number of hydrogen-bond acceptors (Lipinski definition) is 4. The fraction of sp³-hybridized carbons (Fsp3) is 0.765. The molecule has 6 heteroatoms. The van der Waals surface area contributed by atoms with Crippen LogP contribution in [0.25, 0.3) is 0 Å². The lowest BCUT2D eigenvalue weighted by Gasteiger charge is -2.45. The van der Waals surface area contributed by atoms with E-state index >= 15 is 0 Å². The normalized spacial score (nSPS) is 25.2. The first-order valence-corrected chi connectivity index (χ1v) is 8.49. The van der Waals surface area contributed by atoms with Gasteiger partial charge in [-0.15, -0.1) is 0 Å². The van der Waals surface area contributed by atoms with E-state index in [-0.39, 0.29) is 24.0 Å². The second kappa shape index (κ2) is 5.60. The molecule has 1 N–H and O–H groups in total. The summed E-state index contributed by atoms with van der Waals surface area (Å²) in [5, 5.41) is 14.7. The molecule has 128 valence electrons. The summed E-state index contributed by atoms with van der Waals surface area (Å²) in [4.78, 5) is 14.8. The van der Waals surface area contributed by atoms with Crippen LogP contribution in [-0.4, -0.2) is 50.5 Å². The van der Waals surface area contributed by atoms with Crippen molar-refractivity contribution in [1.29, 1.82) is 0 Å². The molecule has 3 rings (SSSR count). The molecule has 0 radical (unpaired) electrons. The van der Waals surface area contributed by atoms with Crippen LogP contribution in [0.2, 0.25) is 0 Å². The maximum absolute atomic E-state index is 13.0. The lowest BCUT2D eigenvalue weighted by molar-refractivity contribution is -0.0510. The van der Waals surface area contributed by atoms with E-state index in [2.05, 4.69) is 5.10 Å². The number of aryl methyl sites for hydroxylation is 1. The van der Waals surface area contributed by atoms with Crippen molar-refractivity contribution in [3.8, 4) is 0 Å². The molecule has 0 spiro atoms. The van der Waals surface area contributed by atoms with E-state index in [1.165, 1.54) is 0 Å². The summed E-state index contributed by atoms with van der Waals surface area (Å²) in [6.07, 6.45) is 0.747. The van der Waals surface area contributed by atoms with Crippen molar-refractivity contribution in [2.75, 3.05) is 13.1 Å². The Morgan fingerprint density at radius 3 is 2.61 bits per heavy atom. The van der Waals surface area contributed by atoms with Crippen molar-refractivity contribution in [2.45, 2.75) is 65.4 Å². The lowest BCUT2D eigenvalue weighted by Crippen LogP contribution is -2.58. The second-order valence-corrected chi connectivity index (χ2v) is 7.38. The highest BCUT2D eigenvalue weighted by atomic mass is 16.5. The molecule has 2 aliphatic rings. The van der Waals surface area contributed by atoms with Gasteiger partial charge in [-0.25, -0.2) is 0 Å². The van der Waals surface area contributed by atoms with E-state index in [0.717, 1.165) is 17.7 Å². The summed E-state index contributed by atoms with van der Waals surface area (Å²) in [5.74, 6) is 0.170. The average molecular weight is 321 g/mol. The van der Waals surface area contributed by atoms with Crippen molar-refractivity contribution in [2.24, 2.45) is 5.92 Å². The molecule has 1 saturated heterocycles. The molecular weight excluding hydrogens is 294 g/mol. The van der Waals surface area contributed by atoms with Crippen molar-refractivity contribution >= 4 is 5.91 Å². The predicted octanol–water partition coefficient (Wildman–Crippen LogP) is 1.77. The quantitative estimate of drug-likeness (QED) is 0.921. The van der Waals surface area contributed by atoms with Gasteiger partial charge < -0.3 is 14.7 Å². The molecule has 3 heterocycles. The van der Waals surface area contributed by atoms with Gasteiger partial charge in [0.15, 0.2) is 0 Å². The Bertz CT molecular complexity index is 611. The third kappa shape index (κ3) is 2.78. The molecule has 0 aromatic carbocycles. The molecule has 2 aliphatic heterocycles. The molecule has 1 aromatic rings. The highest BCUT2D eigenvalue weighted by Gasteiger charge is 2.42. The number of hydrogen-bond donors (Lipinski definition) is 1. The van der Waals surface area contributed by atoms with Gasteiger partial charge in [-0.3, -0.25) is 9.48 Å². The van der Waals surface area contributed by atoms with Crippen LogP contribution < -0.4 is 0 Å².